The summed E-state index contributed by atoms with van der Waals surface area (Å²) in [7, 11) is 0. The Morgan fingerprint density at radius 2 is 1.78 bits per heavy atom. The minimum atomic E-state index is 0.167. The molecule has 1 atom stereocenters. The van der Waals surface area contributed by atoms with Gasteiger partial charge in [-0.2, -0.15) is 0 Å². The average molecular weight is 353 g/mol. The number of nitrogens with zero attached hydrogens (tertiary/aromatic N) is 3. The van der Waals surface area contributed by atoms with Gasteiger partial charge in [0.05, 0.1) is 17.1 Å². The van der Waals surface area contributed by atoms with Crippen molar-refractivity contribution in [1.82, 2.24) is 9.55 Å². The van der Waals surface area contributed by atoms with Crippen LogP contribution in [0.4, 0.5) is 0 Å². The van der Waals surface area contributed by atoms with Crippen LogP contribution in [0.25, 0.3) is 16.7 Å². The number of fused-ring (bicyclic) bond motifs is 1. The van der Waals surface area contributed by atoms with E-state index in [1.54, 1.807) is 0 Å². The highest BCUT2D eigenvalue weighted by Crippen LogP contribution is 2.21. The minimum absolute atomic E-state index is 0.167. The van der Waals surface area contributed by atoms with Crippen LogP contribution in [0, 0.1) is 0 Å². The lowest BCUT2D eigenvalue weighted by Crippen LogP contribution is -2.09. The number of rotatable bonds is 4. The van der Waals surface area contributed by atoms with Gasteiger partial charge < -0.3 is 4.74 Å². The Morgan fingerprint density at radius 3 is 2.70 bits per heavy atom. The van der Waals surface area contributed by atoms with E-state index in [-0.39, 0.29) is 6.04 Å². The summed E-state index contributed by atoms with van der Waals surface area (Å²) in [5.74, 6) is 0.724. The standard InChI is InChI=1S/C23H19N3O/c1-2-7-17(8-3-1)13-19-15-27-23(25-19)18-9-6-10-20(14-18)26-16-24-21-11-4-5-12-22(21)26/h1-12,14,16,19H,13,15H2. The number of benzene rings is 3. The third-order valence-electron chi connectivity index (χ3n) is 4.85. The van der Waals surface area contributed by atoms with Crippen LogP contribution in [0.15, 0.2) is 90.2 Å². The first-order valence-electron chi connectivity index (χ1n) is 9.14. The van der Waals surface area contributed by atoms with Crippen LogP contribution in [0.1, 0.15) is 11.1 Å². The van der Waals surface area contributed by atoms with Gasteiger partial charge in [0.2, 0.25) is 5.90 Å². The monoisotopic (exact) mass is 353 g/mol. The summed E-state index contributed by atoms with van der Waals surface area (Å²) >= 11 is 0. The van der Waals surface area contributed by atoms with Gasteiger partial charge >= 0.3 is 0 Å². The van der Waals surface area contributed by atoms with E-state index in [9.17, 15) is 0 Å². The fourth-order valence-corrected chi connectivity index (χ4v) is 3.52. The van der Waals surface area contributed by atoms with Crippen LogP contribution in [-0.2, 0) is 11.2 Å². The highest BCUT2D eigenvalue weighted by molar-refractivity contribution is 5.95. The maximum atomic E-state index is 5.91. The van der Waals surface area contributed by atoms with Crippen LogP contribution in [0.3, 0.4) is 0 Å². The second-order valence-electron chi connectivity index (χ2n) is 6.74. The lowest BCUT2D eigenvalue weighted by molar-refractivity contribution is 0.317. The number of hydrogen-bond acceptors (Lipinski definition) is 3. The predicted octanol–water partition coefficient (Wildman–Crippen LogP) is 4.41. The zero-order valence-electron chi connectivity index (χ0n) is 14.8. The molecule has 1 aliphatic rings. The molecule has 3 aromatic carbocycles. The van der Waals surface area contributed by atoms with Crippen LogP contribution in [0.5, 0.6) is 0 Å². The Balaban J connectivity index is 1.43. The second-order valence-corrected chi connectivity index (χ2v) is 6.74. The number of para-hydroxylation sites is 2. The maximum Gasteiger partial charge on any atom is 0.216 e. The first kappa shape index (κ1) is 15.8. The van der Waals surface area contributed by atoms with Crippen molar-refractivity contribution in [3.05, 3.63) is 96.3 Å². The Hall–Kier alpha value is -3.40. The number of ether oxygens (including phenoxy) is 1. The van der Waals surface area contributed by atoms with E-state index in [1.807, 2.05) is 42.7 Å². The third-order valence-corrected chi connectivity index (χ3v) is 4.85. The molecular formula is C23H19N3O. The molecule has 4 heteroatoms. The van der Waals surface area contributed by atoms with E-state index in [0.29, 0.717) is 6.61 Å². The van der Waals surface area contributed by atoms with Crippen molar-refractivity contribution in [3.8, 4) is 5.69 Å². The number of imidazole rings is 1. The molecule has 0 spiro atoms. The van der Waals surface area contributed by atoms with Gasteiger partial charge in [-0.15, -0.1) is 0 Å². The Kier molecular flexibility index (Phi) is 3.94. The molecule has 132 valence electrons. The summed E-state index contributed by atoms with van der Waals surface area (Å²) in [6.45, 7) is 0.627. The summed E-state index contributed by atoms with van der Waals surface area (Å²) in [5.41, 5.74) is 5.42. The summed E-state index contributed by atoms with van der Waals surface area (Å²) in [6, 6.07) is 27.0. The van der Waals surface area contributed by atoms with E-state index >= 15 is 0 Å². The van der Waals surface area contributed by atoms with Crippen LogP contribution in [-0.4, -0.2) is 28.1 Å². The van der Waals surface area contributed by atoms with Gasteiger partial charge in [-0.05, 0) is 42.3 Å². The number of hydrogen-bond donors (Lipinski definition) is 0. The van der Waals surface area contributed by atoms with E-state index in [1.165, 1.54) is 5.56 Å². The summed E-state index contributed by atoms with van der Waals surface area (Å²) in [6.07, 6.45) is 2.76. The number of aliphatic imine (C=N–C) groups is 1. The fourth-order valence-electron chi connectivity index (χ4n) is 3.52. The molecule has 0 saturated heterocycles. The van der Waals surface area contributed by atoms with E-state index in [0.717, 1.165) is 34.6 Å². The van der Waals surface area contributed by atoms with Gasteiger partial charge in [-0.1, -0.05) is 48.5 Å². The second kappa shape index (κ2) is 6.72. The summed E-state index contributed by atoms with van der Waals surface area (Å²) < 4.78 is 8.00. The Labute approximate surface area is 157 Å². The van der Waals surface area contributed by atoms with Gasteiger partial charge in [0, 0.05) is 11.3 Å². The molecule has 0 bridgehead atoms. The molecule has 0 aliphatic carbocycles. The molecule has 27 heavy (non-hydrogen) atoms. The van der Waals surface area contributed by atoms with Crippen molar-refractivity contribution >= 4 is 16.9 Å². The Bertz CT molecular complexity index is 1110. The zero-order valence-corrected chi connectivity index (χ0v) is 14.8. The molecule has 1 aliphatic heterocycles. The van der Waals surface area contributed by atoms with Gasteiger partial charge in [-0.25, -0.2) is 9.98 Å². The van der Waals surface area contributed by atoms with Crippen molar-refractivity contribution in [3.63, 3.8) is 0 Å². The van der Waals surface area contributed by atoms with Crippen LogP contribution >= 0.6 is 0 Å². The van der Waals surface area contributed by atoms with Gasteiger partial charge in [0.25, 0.3) is 0 Å². The first-order chi connectivity index (χ1) is 13.4. The summed E-state index contributed by atoms with van der Waals surface area (Å²) in [4.78, 5) is 9.29. The molecule has 0 N–H and O–H groups in total. The van der Waals surface area contributed by atoms with Crippen molar-refractivity contribution < 1.29 is 4.74 Å². The molecular weight excluding hydrogens is 334 g/mol. The quantitative estimate of drug-likeness (QED) is 0.545. The van der Waals surface area contributed by atoms with Crippen molar-refractivity contribution in [2.24, 2.45) is 4.99 Å². The lowest BCUT2D eigenvalue weighted by atomic mass is 10.1. The van der Waals surface area contributed by atoms with E-state index < -0.39 is 0 Å². The Morgan fingerprint density at radius 1 is 0.926 bits per heavy atom. The van der Waals surface area contributed by atoms with Crippen LogP contribution in [0.2, 0.25) is 0 Å². The van der Waals surface area contributed by atoms with Crippen molar-refractivity contribution in [2.75, 3.05) is 6.61 Å². The van der Waals surface area contributed by atoms with Crippen LogP contribution < -0.4 is 0 Å². The lowest BCUT2D eigenvalue weighted by Gasteiger charge is -2.07. The highest BCUT2D eigenvalue weighted by Gasteiger charge is 2.20. The molecule has 0 saturated carbocycles. The average Bonchev–Trinajstić information content (AvgIpc) is 3.36. The predicted molar refractivity (Wildman–Crippen MR) is 107 cm³/mol. The molecule has 1 aromatic heterocycles. The topological polar surface area (TPSA) is 39.4 Å². The molecule has 0 fully saturated rings. The number of aromatic nitrogens is 2. The third kappa shape index (κ3) is 3.10. The first-order valence-corrected chi connectivity index (χ1v) is 9.14. The van der Waals surface area contributed by atoms with Crippen molar-refractivity contribution in [1.29, 1.82) is 0 Å². The van der Waals surface area contributed by atoms with E-state index in [2.05, 4.69) is 52.0 Å². The zero-order chi connectivity index (χ0) is 18.1. The largest absolute Gasteiger partial charge is 0.475 e. The smallest absolute Gasteiger partial charge is 0.216 e. The highest BCUT2D eigenvalue weighted by atomic mass is 16.5. The fraction of sp³-hybridized carbons (Fsp3) is 0.130. The molecule has 4 aromatic rings. The van der Waals surface area contributed by atoms with Gasteiger partial charge in [0.15, 0.2) is 0 Å². The molecule has 0 radical (unpaired) electrons. The summed E-state index contributed by atoms with van der Waals surface area (Å²) in [5, 5.41) is 0. The maximum absolute atomic E-state index is 5.91. The molecule has 0 amide bonds. The molecule has 1 unspecified atom stereocenters. The minimum Gasteiger partial charge on any atom is -0.475 e. The molecule has 4 nitrogen and oxygen atoms in total. The van der Waals surface area contributed by atoms with Crippen molar-refractivity contribution in [2.45, 2.75) is 12.5 Å². The normalized spacial score (nSPS) is 16.3. The molecule has 2 heterocycles. The molecule has 5 rings (SSSR count). The van der Waals surface area contributed by atoms with Gasteiger partial charge in [0.1, 0.15) is 12.9 Å². The van der Waals surface area contributed by atoms with Gasteiger partial charge in [-0.3, -0.25) is 4.57 Å². The SMILES string of the molecule is c1ccc(CC2COC(c3cccc(-n4cnc5ccccc54)c3)=N2)cc1. The van der Waals surface area contributed by atoms with E-state index in [4.69, 9.17) is 9.73 Å².